The molecule has 0 aliphatic heterocycles. The molecule has 7 heteroatoms. The van der Waals surface area contributed by atoms with Gasteiger partial charge in [-0.05, 0) is 25.2 Å². The Morgan fingerprint density at radius 1 is 1.04 bits per heavy atom. The van der Waals surface area contributed by atoms with Crippen molar-refractivity contribution in [1.82, 2.24) is 0 Å². The smallest absolute Gasteiger partial charge is 0.306 e. The van der Waals surface area contributed by atoms with Crippen molar-refractivity contribution in [2.75, 3.05) is 52.9 Å². The molecule has 0 aromatic rings. The highest BCUT2D eigenvalue weighted by Gasteiger charge is 2.35. The normalized spacial score (nSPS) is 19.9. The maximum Gasteiger partial charge on any atom is 0.306 e. The van der Waals surface area contributed by atoms with Crippen molar-refractivity contribution in [2.45, 2.75) is 39.0 Å². The monoisotopic (exact) mass is 386 g/mol. The average Bonchev–Trinajstić information content (AvgIpc) is 2.99. The topological polar surface area (TPSA) is 91.3 Å². The zero-order valence-corrected chi connectivity index (χ0v) is 16.4. The zero-order valence-electron chi connectivity index (χ0n) is 16.4. The van der Waals surface area contributed by atoms with E-state index in [9.17, 15) is 9.59 Å². The Balaban J connectivity index is 2.03. The lowest BCUT2D eigenvalue weighted by atomic mass is 9.89. The van der Waals surface area contributed by atoms with E-state index in [1.54, 1.807) is 0 Å². The van der Waals surface area contributed by atoms with E-state index in [0.29, 0.717) is 52.5 Å². The van der Waals surface area contributed by atoms with E-state index in [1.165, 1.54) is 0 Å². The molecule has 0 aromatic heterocycles. The number of carbonyl (C=O) groups excluding carboxylic acids is 2. The number of hydrogen-bond donors (Lipinski definition) is 1. The summed E-state index contributed by atoms with van der Waals surface area (Å²) in [7, 11) is 0. The minimum Gasteiger partial charge on any atom is -0.463 e. The highest BCUT2D eigenvalue weighted by Crippen LogP contribution is 2.34. The largest absolute Gasteiger partial charge is 0.463 e. The van der Waals surface area contributed by atoms with Crippen LogP contribution in [-0.2, 0) is 28.5 Å². The van der Waals surface area contributed by atoms with Crippen LogP contribution in [0.3, 0.4) is 0 Å². The second-order valence-electron chi connectivity index (χ2n) is 6.47. The molecule has 0 saturated heterocycles. The second-order valence-corrected chi connectivity index (χ2v) is 6.47. The minimum absolute atomic E-state index is 0.00937. The van der Waals surface area contributed by atoms with Crippen LogP contribution >= 0.6 is 0 Å². The fourth-order valence-corrected chi connectivity index (χ4v) is 3.05. The molecule has 2 unspecified atom stereocenters. The number of esters is 1. The van der Waals surface area contributed by atoms with Crippen molar-refractivity contribution in [2.24, 2.45) is 11.8 Å². The summed E-state index contributed by atoms with van der Waals surface area (Å²) >= 11 is 0. The van der Waals surface area contributed by atoms with E-state index >= 15 is 0 Å². The third kappa shape index (κ3) is 11.2. The predicted octanol–water partition coefficient (Wildman–Crippen LogP) is 1.91. The Morgan fingerprint density at radius 2 is 1.67 bits per heavy atom. The molecule has 1 rings (SSSR count). The van der Waals surface area contributed by atoms with Crippen molar-refractivity contribution in [1.29, 1.82) is 0 Å². The Hall–Kier alpha value is -1.28. The maximum absolute atomic E-state index is 12.0. The zero-order chi connectivity index (χ0) is 19.7. The summed E-state index contributed by atoms with van der Waals surface area (Å²) in [6.45, 7) is 4.66. The summed E-state index contributed by atoms with van der Waals surface area (Å²) in [4.78, 5) is 24.0. The van der Waals surface area contributed by atoms with Gasteiger partial charge in [0, 0.05) is 18.8 Å². The summed E-state index contributed by atoms with van der Waals surface area (Å²) in [6.07, 6.45) is 7.42. The van der Waals surface area contributed by atoms with Gasteiger partial charge in [0.1, 0.15) is 12.4 Å². The van der Waals surface area contributed by atoms with Gasteiger partial charge in [0.2, 0.25) is 0 Å². The number of ether oxygens (including phenoxy) is 4. The van der Waals surface area contributed by atoms with Gasteiger partial charge in [0.25, 0.3) is 0 Å². The van der Waals surface area contributed by atoms with Crippen molar-refractivity contribution < 1.29 is 33.6 Å². The van der Waals surface area contributed by atoms with E-state index in [0.717, 1.165) is 19.3 Å². The first-order chi connectivity index (χ1) is 13.2. The average molecular weight is 386 g/mol. The molecule has 0 spiro atoms. The summed E-state index contributed by atoms with van der Waals surface area (Å²) in [5.41, 5.74) is 0. The molecule has 27 heavy (non-hydrogen) atoms. The number of ketones is 1. The first-order valence-corrected chi connectivity index (χ1v) is 9.86. The highest BCUT2D eigenvalue weighted by atomic mass is 16.6. The quantitative estimate of drug-likeness (QED) is 0.246. The van der Waals surface area contributed by atoms with E-state index in [1.807, 2.05) is 6.08 Å². The van der Waals surface area contributed by atoms with Crippen LogP contribution in [0.25, 0.3) is 0 Å². The molecule has 1 aliphatic carbocycles. The number of hydrogen-bond acceptors (Lipinski definition) is 7. The van der Waals surface area contributed by atoms with Crippen molar-refractivity contribution >= 4 is 11.8 Å². The lowest BCUT2D eigenvalue weighted by Crippen LogP contribution is -2.20. The Morgan fingerprint density at radius 3 is 2.30 bits per heavy atom. The molecule has 2 atom stereocenters. The maximum atomic E-state index is 12.0. The minimum atomic E-state index is -0.264. The molecule has 1 fully saturated rings. The number of aliphatic hydroxyl groups is 1. The Kier molecular flexibility index (Phi) is 13.9. The number of allylic oxidation sites excluding steroid dienone is 2. The van der Waals surface area contributed by atoms with Gasteiger partial charge in [-0.3, -0.25) is 9.59 Å². The predicted molar refractivity (Wildman–Crippen MR) is 100 cm³/mol. The number of Topliss-reactive ketones (excluding diaryl/α,β-unsaturated/α-hetero) is 1. The molecule has 1 N–H and O–H groups in total. The van der Waals surface area contributed by atoms with Gasteiger partial charge in [-0.15, -0.1) is 0 Å². The highest BCUT2D eigenvalue weighted by molar-refractivity contribution is 5.84. The lowest BCUT2D eigenvalue weighted by molar-refractivity contribution is -0.146. The van der Waals surface area contributed by atoms with E-state index in [2.05, 4.69) is 13.0 Å². The third-order valence-electron chi connectivity index (χ3n) is 4.44. The Labute approximate surface area is 162 Å². The van der Waals surface area contributed by atoms with E-state index in [4.69, 9.17) is 24.1 Å². The van der Waals surface area contributed by atoms with Gasteiger partial charge in [-0.1, -0.05) is 19.1 Å². The summed E-state index contributed by atoms with van der Waals surface area (Å²) in [5, 5.41) is 8.54. The van der Waals surface area contributed by atoms with Crippen LogP contribution in [0, 0.1) is 11.8 Å². The van der Waals surface area contributed by atoms with Gasteiger partial charge >= 0.3 is 5.97 Å². The van der Waals surface area contributed by atoms with Crippen LogP contribution < -0.4 is 0 Å². The SMILES string of the molecule is CC/C=C\CC1C(=O)CCC1CC(=O)OCCOCCOCCOCCO. The fourth-order valence-electron chi connectivity index (χ4n) is 3.05. The molecule has 156 valence electrons. The standard InChI is InChI=1S/C20H34O7/c1-2-3-4-5-18-17(6-7-19(18)22)16-20(23)27-15-14-26-13-12-25-11-10-24-9-8-21/h3-4,17-18,21H,2,5-16H2,1H3/b4-3-. The van der Waals surface area contributed by atoms with Gasteiger partial charge in [-0.2, -0.15) is 0 Å². The first-order valence-electron chi connectivity index (χ1n) is 9.86. The number of aliphatic hydroxyl groups excluding tert-OH is 1. The molecule has 0 aromatic carbocycles. The molecular weight excluding hydrogens is 352 g/mol. The second kappa shape index (κ2) is 15.7. The summed E-state index contributed by atoms with van der Waals surface area (Å²) < 4.78 is 20.9. The molecule has 0 amide bonds. The van der Waals surface area contributed by atoms with E-state index < -0.39 is 0 Å². The van der Waals surface area contributed by atoms with Gasteiger partial charge in [0.05, 0.1) is 46.2 Å². The Bertz CT molecular complexity index is 436. The number of carbonyl (C=O) groups is 2. The molecule has 0 heterocycles. The van der Waals surface area contributed by atoms with E-state index in [-0.39, 0.29) is 36.8 Å². The van der Waals surface area contributed by atoms with Gasteiger partial charge in [-0.25, -0.2) is 0 Å². The van der Waals surface area contributed by atoms with Crippen LogP contribution in [0.1, 0.15) is 39.0 Å². The summed E-state index contributed by atoms with van der Waals surface area (Å²) in [5.74, 6) is 0.0442. The van der Waals surface area contributed by atoms with Crippen LogP contribution in [0.4, 0.5) is 0 Å². The van der Waals surface area contributed by atoms with Crippen LogP contribution in [0.5, 0.6) is 0 Å². The molecule has 0 bridgehead atoms. The number of rotatable bonds is 16. The van der Waals surface area contributed by atoms with Crippen LogP contribution in [0.2, 0.25) is 0 Å². The van der Waals surface area contributed by atoms with Crippen LogP contribution in [-0.4, -0.2) is 69.7 Å². The molecule has 0 radical (unpaired) electrons. The van der Waals surface area contributed by atoms with Crippen molar-refractivity contribution in [3.63, 3.8) is 0 Å². The summed E-state index contributed by atoms with van der Waals surface area (Å²) in [6, 6.07) is 0. The molecule has 1 saturated carbocycles. The van der Waals surface area contributed by atoms with Gasteiger partial charge < -0.3 is 24.1 Å². The molecule has 7 nitrogen and oxygen atoms in total. The third-order valence-corrected chi connectivity index (χ3v) is 4.44. The lowest BCUT2D eigenvalue weighted by Gasteiger charge is -2.16. The first kappa shape index (κ1) is 23.8. The van der Waals surface area contributed by atoms with Crippen molar-refractivity contribution in [3.8, 4) is 0 Å². The molecule has 1 aliphatic rings. The van der Waals surface area contributed by atoms with Crippen LogP contribution in [0.15, 0.2) is 12.2 Å². The fraction of sp³-hybridized carbons (Fsp3) is 0.800. The van der Waals surface area contributed by atoms with Gasteiger partial charge in [0.15, 0.2) is 0 Å². The molecular formula is C20H34O7. The van der Waals surface area contributed by atoms with Crippen molar-refractivity contribution in [3.05, 3.63) is 12.2 Å².